The van der Waals surface area contributed by atoms with E-state index in [2.05, 4.69) is 4.98 Å². The molecule has 0 amide bonds. The third-order valence-corrected chi connectivity index (χ3v) is 1.95. The molecule has 1 N–H and O–H groups in total. The van der Waals surface area contributed by atoms with Crippen molar-refractivity contribution in [3.05, 3.63) is 41.9 Å². The number of aromatic carboxylic acids is 1. The van der Waals surface area contributed by atoms with Crippen LogP contribution in [0, 0.1) is 11.6 Å². The maximum absolute atomic E-state index is 13.3. The third-order valence-electron chi connectivity index (χ3n) is 1.95. The quantitative estimate of drug-likeness (QED) is 0.851. The number of benzene rings is 1. The highest BCUT2D eigenvalue weighted by Gasteiger charge is 2.20. The van der Waals surface area contributed by atoms with Crippen LogP contribution in [0.3, 0.4) is 0 Å². The van der Waals surface area contributed by atoms with Gasteiger partial charge in [0.05, 0.1) is 5.56 Å². The summed E-state index contributed by atoms with van der Waals surface area (Å²) in [6.45, 7) is 0. The zero-order valence-corrected chi connectivity index (χ0v) is 7.78. The van der Waals surface area contributed by atoms with E-state index < -0.39 is 23.3 Å². The summed E-state index contributed by atoms with van der Waals surface area (Å²) in [4.78, 5) is 14.1. The van der Waals surface area contributed by atoms with Gasteiger partial charge in [-0.25, -0.2) is 18.6 Å². The number of aromatic nitrogens is 1. The fraction of sp³-hybridized carbons (Fsp3) is 0. The number of hydrogen-bond acceptors (Lipinski definition) is 3. The largest absolute Gasteiger partial charge is 0.476 e. The van der Waals surface area contributed by atoms with E-state index in [1.807, 2.05) is 0 Å². The second-order valence-corrected chi connectivity index (χ2v) is 2.96. The summed E-state index contributed by atoms with van der Waals surface area (Å²) in [6.07, 6.45) is 0.890. The molecule has 0 fully saturated rings. The topological polar surface area (TPSA) is 63.3 Å². The molecule has 2 rings (SSSR count). The van der Waals surface area contributed by atoms with E-state index in [4.69, 9.17) is 9.52 Å². The minimum Gasteiger partial charge on any atom is -0.476 e. The van der Waals surface area contributed by atoms with Crippen LogP contribution in [-0.4, -0.2) is 16.1 Å². The Morgan fingerprint density at radius 1 is 1.38 bits per heavy atom. The van der Waals surface area contributed by atoms with Gasteiger partial charge in [0, 0.05) is 6.07 Å². The summed E-state index contributed by atoms with van der Waals surface area (Å²) < 4.78 is 30.8. The van der Waals surface area contributed by atoms with E-state index >= 15 is 0 Å². The predicted octanol–water partition coefficient (Wildman–Crippen LogP) is 2.32. The predicted molar refractivity (Wildman–Crippen MR) is 48.8 cm³/mol. The van der Waals surface area contributed by atoms with Crippen molar-refractivity contribution in [1.29, 1.82) is 0 Å². The van der Waals surface area contributed by atoms with Gasteiger partial charge < -0.3 is 9.52 Å². The number of oxazole rings is 1. The molecule has 0 saturated heterocycles. The first kappa shape index (κ1) is 10.3. The molecule has 0 aliphatic heterocycles. The van der Waals surface area contributed by atoms with E-state index in [1.54, 1.807) is 0 Å². The lowest BCUT2D eigenvalue weighted by Crippen LogP contribution is -1.99. The minimum atomic E-state index is -1.34. The minimum absolute atomic E-state index is 0.142. The monoisotopic (exact) mass is 225 g/mol. The van der Waals surface area contributed by atoms with Crippen molar-refractivity contribution in [1.82, 2.24) is 4.98 Å². The Labute approximate surface area is 88.2 Å². The molecule has 1 aromatic heterocycles. The average molecular weight is 225 g/mol. The van der Waals surface area contributed by atoms with Crippen LogP contribution in [0.1, 0.15) is 10.5 Å². The smallest absolute Gasteiger partial charge is 0.358 e. The first-order valence-corrected chi connectivity index (χ1v) is 4.22. The lowest BCUT2D eigenvalue weighted by molar-refractivity contribution is 0.0691. The molecule has 4 nitrogen and oxygen atoms in total. The lowest BCUT2D eigenvalue weighted by atomic mass is 10.1. The standard InChI is InChI=1S/C10H5F2NO3/c11-5-1-2-6(7(12)3-5)9-8(10(14)15)13-4-16-9/h1-4H,(H,14,15). The number of nitrogens with zero attached hydrogens (tertiary/aromatic N) is 1. The second-order valence-electron chi connectivity index (χ2n) is 2.96. The second kappa shape index (κ2) is 3.73. The van der Waals surface area contributed by atoms with Gasteiger partial charge in [0.2, 0.25) is 0 Å². The van der Waals surface area contributed by atoms with Gasteiger partial charge in [-0.15, -0.1) is 0 Å². The fourth-order valence-corrected chi connectivity index (χ4v) is 1.26. The molecule has 0 unspecified atom stereocenters. The summed E-state index contributed by atoms with van der Waals surface area (Å²) >= 11 is 0. The van der Waals surface area contributed by atoms with Crippen LogP contribution in [-0.2, 0) is 0 Å². The van der Waals surface area contributed by atoms with E-state index in [1.165, 1.54) is 0 Å². The van der Waals surface area contributed by atoms with Crippen LogP contribution < -0.4 is 0 Å². The van der Waals surface area contributed by atoms with Crippen LogP contribution in [0.25, 0.3) is 11.3 Å². The molecule has 0 saturated carbocycles. The first-order valence-electron chi connectivity index (χ1n) is 4.22. The molecule has 0 atom stereocenters. The highest BCUT2D eigenvalue weighted by atomic mass is 19.1. The first-order chi connectivity index (χ1) is 7.59. The maximum atomic E-state index is 13.3. The van der Waals surface area contributed by atoms with Crippen molar-refractivity contribution in [2.75, 3.05) is 0 Å². The van der Waals surface area contributed by atoms with Gasteiger partial charge in [0.15, 0.2) is 17.8 Å². The number of carboxylic acid groups (broad SMARTS) is 1. The Morgan fingerprint density at radius 3 is 2.75 bits per heavy atom. The van der Waals surface area contributed by atoms with Gasteiger partial charge in [-0.05, 0) is 12.1 Å². The van der Waals surface area contributed by atoms with Crippen LogP contribution >= 0.6 is 0 Å². The number of hydrogen-bond donors (Lipinski definition) is 1. The molecule has 2 aromatic rings. The Balaban J connectivity index is 2.59. The summed E-state index contributed by atoms with van der Waals surface area (Å²) in [6, 6.07) is 2.74. The fourth-order valence-electron chi connectivity index (χ4n) is 1.26. The number of rotatable bonds is 2. The van der Waals surface area contributed by atoms with Crippen molar-refractivity contribution in [2.45, 2.75) is 0 Å². The summed E-state index contributed by atoms with van der Waals surface area (Å²) in [5.74, 6) is -3.23. The Kier molecular flexibility index (Phi) is 2.40. The van der Waals surface area contributed by atoms with Gasteiger partial charge in [0.1, 0.15) is 11.6 Å². The molecular formula is C10H5F2NO3. The van der Waals surface area contributed by atoms with E-state index in [9.17, 15) is 13.6 Å². The summed E-state index contributed by atoms with van der Waals surface area (Å²) in [5.41, 5.74) is -0.554. The molecule has 0 spiro atoms. The van der Waals surface area contributed by atoms with Gasteiger partial charge in [0.25, 0.3) is 0 Å². The number of halogens is 2. The highest BCUT2D eigenvalue weighted by Crippen LogP contribution is 2.26. The third kappa shape index (κ3) is 1.65. The van der Waals surface area contributed by atoms with Crippen molar-refractivity contribution < 1.29 is 23.1 Å². The van der Waals surface area contributed by atoms with Crippen LogP contribution in [0.15, 0.2) is 29.0 Å². The molecular weight excluding hydrogens is 220 g/mol. The van der Waals surface area contributed by atoms with E-state index in [0.29, 0.717) is 6.07 Å². The van der Waals surface area contributed by atoms with Crippen LogP contribution in [0.5, 0.6) is 0 Å². The number of carboxylic acids is 1. The number of carbonyl (C=O) groups is 1. The van der Waals surface area contributed by atoms with Crippen molar-refractivity contribution in [2.24, 2.45) is 0 Å². The SMILES string of the molecule is O=C(O)c1ncoc1-c1ccc(F)cc1F. The summed E-state index contributed by atoms with van der Waals surface area (Å²) in [5, 5.41) is 8.74. The van der Waals surface area contributed by atoms with Gasteiger partial charge >= 0.3 is 5.97 Å². The molecule has 0 bridgehead atoms. The molecule has 1 heterocycles. The zero-order valence-electron chi connectivity index (χ0n) is 7.78. The molecule has 0 radical (unpaired) electrons. The Bertz CT molecular complexity index is 551. The van der Waals surface area contributed by atoms with E-state index in [0.717, 1.165) is 18.5 Å². The Hall–Kier alpha value is -2.24. The molecule has 82 valence electrons. The Morgan fingerprint density at radius 2 is 2.12 bits per heavy atom. The van der Waals surface area contributed by atoms with Gasteiger partial charge in [-0.1, -0.05) is 0 Å². The molecule has 1 aromatic carbocycles. The molecule has 6 heteroatoms. The summed E-state index contributed by atoms with van der Waals surface area (Å²) in [7, 11) is 0. The van der Waals surface area contributed by atoms with E-state index in [-0.39, 0.29) is 11.3 Å². The van der Waals surface area contributed by atoms with Crippen molar-refractivity contribution in [3.63, 3.8) is 0 Å². The molecule has 0 aliphatic rings. The normalized spacial score (nSPS) is 10.4. The van der Waals surface area contributed by atoms with Crippen molar-refractivity contribution in [3.8, 4) is 11.3 Å². The van der Waals surface area contributed by atoms with Gasteiger partial charge in [-0.2, -0.15) is 0 Å². The maximum Gasteiger partial charge on any atom is 0.358 e. The lowest BCUT2D eigenvalue weighted by Gasteiger charge is -1.99. The molecule has 0 aliphatic carbocycles. The van der Waals surface area contributed by atoms with Crippen LogP contribution in [0.2, 0.25) is 0 Å². The molecule has 16 heavy (non-hydrogen) atoms. The zero-order chi connectivity index (χ0) is 11.7. The van der Waals surface area contributed by atoms with Gasteiger partial charge in [-0.3, -0.25) is 0 Å². The average Bonchev–Trinajstić information content (AvgIpc) is 2.66. The van der Waals surface area contributed by atoms with Crippen molar-refractivity contribution >= 4 is 5.97 Å². The highest BCUT2D eigenvalue weighted by molar-refractivity contribution is 5.92. The van der Waals surface area contributed by atoms with Crippen LogP contribution in [0.4, 0.5) is 8.78 Å².